The normalized spacial score (nSPS) is 21.2. The molecule has 0 aromatic heterocycles. The maximum Gasteiger partial charge on any atom is 0.187 e. The van der Waals surface area contributed by atoms with E-state index in [0.29, 0.717) is 5.05 Å². The first kappa shape index (κ1) is 8.08. The number of thioether (sulfide) groups is 1. The van der Waals surface area contributed by atoms with Gasteiger partial charge in [0.25, 0.3) is 0 Å². The van der Waals surface area contributed by atoms with E-state index in [0.717, 1.165) is 30.1 Å². The highest BCUT2D eigenvalue weighted by atomic mass is 32.2. The van der Waals surface area contributed by atoms with Crippen LogP contribution in [0.3, 0.4) is 0 Å². The van der Waals surface area contributed by atoms with Crippen molar-refractivity contribution < 1.29 is 4.74 Å². The van der Waals surface area contributed by atoms with E-state index in [2.05, 4.69) is 6.58 Å². The van der Waals surface area contributed by atoms with Gasteiger partial charge in [0, 0.05) is 11.3 Å². The van der Waals surface area contributed by atoms with Gasteiger partial charge in [0.1, 0.15) is 0 Å². The Morgan fingerprint density at radius 3 is 3.20 bits per heavy atom. The van der Waals surface area contributed by atoms with Crippen molar-refractivity contribution >= 4 is 29.0 Å². The zero-order valence-electron chi connectivity index (χ0n) is 5.76. The van der Waals surface area contributed by atoms with Gasteiger partial charge >= 0.3 is 0 Å². The summed E-state index contributed by atoms with van der Waals surface area (Å²) in [7, 11) is 0. The van der Waals surface area contributed by atoms with Crippen molar-refractivity contribution in [2.24, 2.45) is 0 Å². The van der Waals surface area contributed by atoms with Crippen LogP contribution in [0.25, 0.3) is 0 Å². The molecule has 3 heteroatoms. The van der Waals surface area contributed by atoms with Crippen LogP contribution in [-0.2, 0) is 4.74 Å². The second-order valence-electron chi connectivity index (χ2n) is 2.15. The summed E-state index contributed by atoms with van der Waals surface area (Å²) in [6.45, 7) is 4.56. The molecular formula is C7H10OS2. The number of thiocarbonyl (C=S) groups is 1. The summed E-state index contributed by atoms with van der Waals surface area (Å²) in [6, 6.07) is 0. The second-order valence-corrected chi connectivity index (χ2v) is 3.62. The molecule has 0 atom stereocenters. The third kappa shape index (κ3) is 2.31. The molecule has 0 aromatic rings. The van der Waals surface area contributed by atoms with Crippen molar-refractivity contribution in [1.82, 2.24) is 0 Å². The maximum absolute atomic E-state index is 5.21. The molecule has 0 N–H and O–H groups in total. The zero-order valence-corrected chi connectivity index (χ0v) is 7.39. The summed E-state index contributed by atoms with van der Waals surface area (Å²) < 4.78 is 5.21. The van der Waals surface area contributed by atoms with Crippen molar-refractivity contribution in [3.63, 3.8) is 0 Å². The number of hydrogen-bond donors (Lipinski definition) is 0. The fourth-order valence-electron chi connectivity index (χ4n) is 0.682. The van der Waals surface area contributed by atoms with Crippen LogP contribution in [0.1, 0.15) is 6.42 Å². The Labute approximate surface area is 70.8 Å². The molecule has 1 heterocycles. The van der Waals surface area contributed by atoms with Gasteiger partial charge in [-0.05, 0) is 24.4 Å². The van der Waals surface area contributed by atoms with Crippen LogP contribution in [-0.4, -0.2) is 23.2 Å². The number of rotatable bonds is 0. The van der Waals surface area contributed by atoms with Crippen LogP contribution in [0.2, 0.25) is 0 Å². The summed E-state index contributed by atoms with van der Waals surface area (Å²) in [5.41, 5.74) is 0.958. The lowest BCUT2D eigenvalue weighted by Gasteiger charge is -2.12. The van der Waals surface area contributed by atoms with Gasteiger partial charge in [-0.2, -0.15) is 11.8 Å². The van der Waals surface area contributed by atoms with Gasteiger partial charge in [0.05, 0.1) is 6.61 Å². The molecule has 1 rings (SSSR count). The molecule has 1 fully saturated rings. The average molecular weight is 174 g/mol. The highest BCUT2D eigenvalue weighted by molar-refractivity contribution is 7.99. The highest BCUT2D eigenvalue weighted by Gasteiger charge is 2.06. The van der Waals surface area contributed by atoms with Crippen molar-refractivity contribution in [1.29, 1.82) is 0 Å². The lowest BCUT2D eigenvalue weighted by molar-refractivity contribution is 0.314. The minimum Gasteiger partial charge on any atom is -0.483 e. The third-order valence-electron chi connectivity index (χ3n) is 1.23. The fourth-order valence-corrected chi connectivity index (χ4v) is 1.77. The fraction of sp³-hybridized carbons (Fsp3) is 0.571. The lowest BCUT2D eigenvalue weighted by Crippen LogP contribution is -2.11. The summed E-state index contributed by atoms with van der Waals surface area (Å²) >= 11 is 6.81. The van der Waals surface area contributed by atoms with E-state index in [9.17, 15) is 0 Å². The van der Waals surface area contributed by atoms with Crippen molar-refractivity contribution in [3.8, 4) is 0 Å². The van der Waals surface area contributed by atoms with Crippen molar-refractivity contribution in [3.05, 3.63) is 12.2 Å². The molecular weight excluding hydrogens is 164 g/mol. The van der Waals surface area contributed by atoms with E-state index >= 15 is 0 Å². The van der Waals surface area contributed by atoms with Crippen LogP contribution >= 0.6 is 24.0 Å². The summed E-state index contributed by atoms with van der Waals surface area (Å²) in [6.07, 6.45) is 1.10. The van der Waals surface area contributed by atoms with E-state index in [1.807, 2.05) is 11.8 Å². The summed E-state index contributed by atoms with van der Waals surface area (Å²) in [4.78, 5) is 0. The smallest absolute Gasteiger partial charge is 0.187 e. The Bertz CT molecular complexity index is 136. The van der Waals surface area contributed by atoms with Gasteiger partial charge in [-0.25, -0.2) is 0 Å². The largest absolute Gasteiger partial charge is 0.483 e. The lowest BCUT2D eigenvalue weighted by atomic mass is 10.4. The molecule has 0 spiro atoms. The van der Waals surface area contributed by atoms with Crippen molar-refractivity contribution in [2.75, 3.05) is 18.1 Å². The molecule has 0 bridgehead atoms. The molecule has 1 saturated heterocycles. The quantitative estimate of drug-likeness (QED) is 0.411. The summed E-state index contributed by atoms with van der Waals surface area (Å²) in [5, 5.41) is 0.604. The summed E-state index contributed by atoms with van der Waals surface area (Å²) in [5.74, 6) is 2.08. The SMILES string of the molecule is C=C1CSCCCOC1=S. The van der Waals surface area contributed by atoms with Gasteiger partial charge in [-0.3, -0.25) is 0 Å². The van der Waals surface area contributed by atoms with Gasteiger partial charge in [0.2, 0.25) is 0 Å². The van der Waals surface area contributed by atoms with Gasteiger partial charge in [-0.15, -0.1) is 0 Å². The molecule has 0 aliphatic carbocycles. The van der Waals surface area contributed by atoms with Gasteiger partial charge in [-0.1, -0.05) is 6.58 Å². The second kappa shape index (κ2) is 3.98. The molecule has 0 aromatic carbocycles. The Hall–Kier alpha value is -0.0200. The number of ether oxygens (including phenoxy) is 1. The highest BCUT2D eigenvalue weighted by Crippen LogP contribution is 2.13. The standard InChI is InChI=1S/C7H10OS2/c1-6-5-10-4-2-3-8-7(6)9/h1-5H2. The molecule has 1 nitrogen and oxygen atoms in total. The average Bonchev–Trinajstić information content (AvgIpc) is 1.92. The molecule has 1 aliphatic rings. The van der Waals surface area contributed by atoms with Crippen LogP contribution in [0.5, 0.6) is 0 Å². The Morgan fingerprint density at radius 2 is 2.40 bits per heavy atom. The van der Waals surface area contributed by atoms with E-state index in [-0.39, 0.29) is 0 Å². The minimum atomic E-state index is 0.604. The predicted molar refractivity (Wildman–Crippen MR) is 49.6 cm³/mol. The first-order chi connectivity index (χ1) is 4.80. The maximum atomic E-state index is 5.21. The monoisotopic (exact) mass is 174 g/mol. The predicted octanol–water partition coefficient (Wildman–Crippen LogP) is 2.02. The molecule has 10 heavy (non-hydrogen) atoms. The Morgan fingerprint density at radius 1 is 1.60 bits per heavy atom. The van der Waals surface area contributed by atoms with Crippen LogP contribution < -0.4 is 0 Å². The van der Waals surface area contributed by atoms with Crippen LogP contribution in [0, 0.1) is 0 Å². The van der Waals surface area contributed by atoms with E-state index in [1.54, 1.807) is 0 Å². The molecule has 56 valence electrons. The van der Waals surface area contributed by atoms with Crippen LogP contribution in [0.15, 0.2) is 12.2 Å². The third-order valence-corrected chi connectivity index (χ3v) is 2.77. The first-order valence-electron chi connectivity index (χ1n) is 3.23. The molecule has 0 amide bonds. The Balaban J connectivity index is 2.43. The molecule has 0 radical (unpaired) electrons. The topological polar surface area (TPSA) is 9.23 Å². The molecule has 1 aliphatic heterocycles. The molecule has 0 unspecified atom stereocenters. The number of hydrogen-bond acceptors (Lipinski definition) is 3. The molecule has 0 saturated carbocycles. The van der Waals surface area contributed by atoms with Gasteiger partial charge < -0.3 is 4.74 Å². The van der Waals surface area contributed by atoms with Gasteiger partial charge in [0.15, 0.2) is 5.05 Å². The Kier molecular flexibility index (Phi) is 3.22. The minimum absolute atomic E-state index is 0.604. The van der Waals surface area contributed by atoms with E-state index < -0.39 is 0 Å². The van der Waals surface area contributed by atoms with E-state index in [4.69, 9.17) is 17.0 Å². The first-order valence-corrected chi connectivity index (χ1v) is 4.79. The zero-order chi connectivity index (χ0) is 7.40. The van der Waals surface area contributed by atoms with Crippen LogP contribution in [0.4, 0.5) is 0 Å². The van der Waals surface area contributed by atoms with E-state index in [1.165, 1.54) is 0 Å². The van der Waals surface area contributed by atoms with Crippen molar-refractivity contribution in [2.45, 2.75) is 6.42 Å².